The van der Waals surface area contributed by atoms with Crippen LogP contribution in [0.2, 0.25) is 0 Å². The minimum Gasteiger partial charge on any atom is -0.343 e. The van der Waals surface area contributed by atoms with Crippen LogP contribution in [0.15, 0.2) is 60.8 Å². The third-order valence-electron chi connectivity index (χ3n) is 5.37. The van der Waals surface area contributed by atoms with Crippen LogP contribution in [0.5, 0.6) is 0 Å². The predicted octanol–water partition coefficient (Wildman–Crippen LogP) is 5.74. The van der Waals surface area contributed by atoms with Gasteiger partial charge in [0.15, 0.2) is 5.69 Å². The van der Waals surface area contributed by atoms with Crippen molar-refractivity contribution in [2.24, 2.45) is 0 Å². The quantitative estimate of drug-likeness (QED) is 0.404. The third kappa shape index (κ3) is 4.67. The van der Waals surface area contributed by atoms with E-state index >= 15 is 0 Å². The minimum absolute atomic E-state index is 0.0381. The smallest absolute Gasteiger partial charge is 0.343 e. The van der Waals surface area contributed by atoms with Crippen LogP contribution in [0.25, 0.3) is 22.2 Å². The van der Waals surface area contributed by atoms with E-state index < -0.39 is 11.9 Å². The number of rotatable bonds is 5. The van der Waals surface area contributed by atoms with E-state index in [2.05, 4.69) is 34.1 Å². The second-order valence-electron chi connectivity index (χ2n) is 7.93. The maximum absolute atomic E-state index is 13.2. The van der Waals surface area contributed by atoms with Crippen molar-refractivity contribution in [1.29, 1.82) is 0 Å². The van der Waals surface area contributed by atoms with Gasteiger partial charge >= 0.3 is 6.18 Å². The van der Waals surface area contributed by atoms with E-state index in [0.29, 0.717) is 16.8 Å². The first-order chi connectivity index (χ1) is 15.6. The summed E-state index contributed by atoms with van der Waals surface area (Å²) in [6.07, 6.45) is -3.46. The van der Waals surface area contributed by atoms with E-state index in [1.165, 1.54) is 36.4 Å². The summed E-state index contributed by atoms with van der Waals surface area (Å²) in [4.78, 5) is 26.0. The molecule has 0 saturated carbocycles. The van der Waals surface area contributed by atoms with Crippen molar-refractivity contribution < 1.29 is 18.0 Å². The number of aromatic amines is 1. The molecule has 0 spiro atoms. The number of carbonyl (C=O) groups is 1. The number of halogens is 3. The molecule has 33 heavy (non-hydrogen) atoms. The first-order valence-electron chi connectivity index (χ1n) is 10.3. The molecule has 9 heteroatoms. The minimum atomic E-state index is -4.57. The number of imidazole rings is 1. The van der Waals surface area contributed by atoms with Gasteiger partial charge in [0.25, 0.3) is 5.91 Å². The Balaban J connectivity index is 1.53. The standard InChI is InChI=1S/C24H22F3N5O/c1-14(2)32(3)23-30-19-11-10-17(13-20(19)31-23)29-22(33)16-8-6-15(7-9-16)18-5-4-12-28-21(18)24(25,26)27/h4-14H,1-3H3,(H,29,33)(H,30,31). The summed E-state index contributed by atoms with van der Waals surface area (Å²) in [6, 6.07) is 14.4. The molecule has 2 aromatic heterocycles. The van der Waals surface area contributed by atoms with Crippen molar-refractivity contribution in [1.82, 2.24) is 15.0 Å². The van der Waals surface area contributed by atoms with Gasteiger partial charge in [-0.1, -0.05) is 18.2 Å². The summed E-state index contributed by atoms with van der Waals surface area (Å²) < 4.78 is 39.7. The second kappa shape index (κ2) is 8.57. The van der Waals surface area contributed by atoms with Gasteiger partial charge in [0, 0.05) is 36.1 Å². The number of alkyl halides is 3. The zero-order valence-corrected chi connectivity index (χ0v) is 18.2. The lowest BCUT2D eigenvalue weighted by Gasteiger charge is -2.19. The van der Waals surface area contributed by atoms with Crippen LogP contribution in [0.1, 0.15) is 29.9 Å². The summed E-state index contributed by atoms with van der Waals surface area (Å²) in [5.74, 6) is 0.356. The average molecular weight is 453 g/mol. The normalized spacial score (nSPS) is 11.7. The number of benzene rings is 2. The molecule has 0 fully saturated rings. The zero-order valence-electron chi connectivity index (χ0n) is 18.2. The van der Waals surface area contributed by atoms with Crippen molar-refractivity contribution >= 4 is 28.6 Å². The zero-order chi connectivity index (χ0) is 23.8. The number of H-pyrrole nitrogens is 1. The number of amides is 1. The molecular weight excluding hydrogens is 431 g/mol. The molecule has 170 valence electrons. The number of nitrogens with zero attached hydrogens (tertiary/aromatic N) is 3. The van der Waals surface area contributed by atoms with Gasteiger partial charge in [-0.05, 0) is 55.8 Å². The first kappa shape index (κ1) is 22.3. The van der Waals surface area contributed by atoms with Crippen molar-refractivity contribution in [2.75, 3.05) is 17.3 Å². The van der Waals surface area contributed by atoms with Gasteiger partial charge in [0.1, 0.15) is 0 Å². The van der Waals surface area contributed by atoms with E-state index in [1.54, 1.807) is 12.1 Å². The van der Waals surface area contributed by atoms with Gasteiger partial charge in [-0.2, -0.15) is 13.2 Å². The van der Waals surface area contributed by atoms with E-state index in [1.807, 2.05) is 18.0 Å². The van der Waals surface area contributed by atoms with Crippen LogP contribution < -0.4 is 10.2 Å². The van der Waals surface area contributed by atoms with Gasteiger partial charge in [-0.15, -0.1) is 0 Å². The highest BCUT2D eigenvalue weighted by atomic mass is 19.4. The topological polar surface area (TPSA) is 73.9 Å². The fourth-order valence-electron chi connectivity index (χ4n) is 3.35. The molecule has 0 aliphatic heterocycles. The van der Waals surface area contributed by atoms with Gasteiger partial charge < -0.3 is 15.2 Å². The number of aromatic nitrogens is 3. The molecule has 0 atom stereocenters. The molecule has 0 radical (unpaired) electrons. The Kier molecular flexibility index (Phi) is 5.80. The molecular formula is C24H22F3N5O. The molecule has 2 heterocycles. The summed E-state index contributed by atoms with van der Waals surface area (Å²) in [5, 5.41) is 2.81. The molecule has 1 amide bonds. The molecule has 4 rings (SSSR count). The fraction of sp³-hybridized carbons (Fsp3) is 0.208. The monoisotopic (exact) mass is 453 g/mol. The average Bonchev–Trinajstić information content (AvgIpc) is 3.21. The number of anilines is 2. The van der Waals surface area contributed by atoms with Crippen LogP contribution in [0.4, 0.5) is 24.8 Å². The fourth-order valence-corrected chi connectivity index (χ4v) is 3.35. The Labute approximate surface area is 188 Å². The Morgan fingerprint density at radius 2 is 1.82 bits per heavy atom. The maximum Gasteiger partial charge on any atom is 0.433 e. The SMILES string of the molecule is CC(C)N(C)c1nc2ccc(NC(=O)c3ccc(-c4cccnc4C(F)(F)F)cc3)cc2[nH]1. The molecule has 0 aliphatic carbocycles. The third-order valence-corrected chi connectivity index (χ3v) is 5.37. The van der Waals surface area contributed by atoms with Gasteiger partial charge in [0.2, 0.25) is 5.95 Å². The Morgan fingerprint density at radius 1 is 1.09 bits per heavy atom. The van der Waals surface area contributed by atoms with E-state index in [-0.39, 0.29) is 17.5 Å². The summed E-state index contributed by atoms with van der Waals surface area (Å²) in [6.45, 7) is 4.12. The number of hydrogen-bond donors (Lipinski definition) is 2. The highest BCUT2D eigenvalue weighted by Gasteiger charge is 2.35. The summed E-state index contributed by atoms with van der Waals surface area (Å²) in [5.41, 5.74) is 1.78. The number of nitrogens with one attached hydrogen (secondary N) is 2. The van der Waals surface area contributed by atoms with Gasteiger partial charge in [-0.3, -0.25) is 9.78 Å². The summed E-state index contributed by atoms with van der Waals surface area (Å²) >= 11 is 0. The summed E-state index contributed by atoms with van der Waals surface area (Å²) in [7, 11) is 1.94. The largest absolute Gasteiger partial charge is 0.433 e. The first-order valence-corrected chi connectivity index (χ1v) is 10.3. The second-order valence-corrected chi connectivity index (χ2v) is 7.93. The van der Waals surface area contributed by atoms with Crippen LogP contribution in [-0.2, 0) is 6.18 Å². The molecule has 0 aliphatic rings. The number of carbonyl (C=O) groups excluding carboxylic acids is 1. The van der Waals surface area contributed by atoms with Crippen LogP contribution in [0, 0.1) is 0 Å². The highest BCUT2D eigenvalue weighted by Crippen LogP contribution is 2.35. The van der Waals surface area contributed by atoms with E-state index in [4.69, 9.17) is 0 Å². The van der Waals surface area contributed by atoms with Crippen molar-refractivity contribution in [3.63, 3.8) is 0 Å². The van der Waals surface area contributed by atoms with Crippen LogP contribution >= 0.6 is 0 Å². The Bertz CT molecular complexity index is 1300. The van der Waals surface area contributed by atoms with Crippen molar-refractivity contribution in [3.8, 4) is 11.1 Å². The van der Waals surface area contributed by atoms with Crippen LogP contribution in [-0.4, -0.2) is 33.9 Å². The lowest BCUT2D eigenvalue weighted by molar-refractivity contribution is -0.140. The number of pyridine rings is 1. The molecule has 2 N–H and O–H groups in total. The van der Waals surface area contributed by atoms with Gasteiger partial charge in [-0.25, -0.2) is 4.98 Å². The molecule has 0 bridgehead atoms. The van der Waals surface area contributed by atoms with Crippen molar-refractivity contribution in [3.05, 3.63) is 72.1 Å². The Hall–Kier alpha value is -3.88. The molecule has 0 unspecified atom stereocenters. The molecule has 2 aromatic carbocycles. The Morgan fingerprint density at radius 3 is 2.48 bits per heavy atom. The number of fused-ring (bicyclic) bond motifs is 1. The molecule has 4 aromatic rings. The van der Waals surface area contributed by atoms with Crippen LogP contribution in [0.3, 0.4) is 0 Å². The van der Waals surface area contributed by atoms with E-state index in [0.717, 1.165) is 23.2 Å². The van der Waals surface area contributed by atoms with Gasteiger partial charge in [0.05, 0.1) is 11.0 Å². The maximum atomic E-state index is 13.2. The highest BCUT2D eigenvalue weighted by molar-refractivity contribution is 6.05. The molecule has 0 saturated heterocycles. The lowest BCUT2D eigenvalue weighted by Crippen LogP contribution is -2.26. The number of hydrogen-bond acceptors (Lipinski definition) is 4. The lowest BCUT2D eigenvalue weighted by atomic mass is 10.0. The van der Waals surface area contributed by atoms with Crippen molar-refractivity contribution in [2.45, 2.75) is 26.1 Å². The predicted molar refractivity (Wildman–Crippen MR) is 122 cm³/mol. The molecule has 6 nitrogen and oxygen atoms in total. The van der Waals surface area contributed by atoms with E-state index in [9.17, 15) is 18.0 Å².